The van der Waals surface area contributed by atoms with Crippen LogP contribution in [0.3, 0.4) is 0 Å². The third-order valence-corrected chi connectivity index (χ3v) is 4.22. The van der Waals surface area contributed by atoms with Gasteiger partial charge in [-0.05, 0) is 48.8 Å². The minimum absolute atomic E-state index is 0.480. The molecule has 0 unspecified atom stereocenters. The summed E-state index contributed by atoms with van der Waals surface area (Å²) in [6, 6.07) is 14.1. The van der Waals surface area contributed by atoms with E-state index in [0.717, 1.165) is 44.2 Å². The third-order valence-electron chi connectivity index (χ3n) is 4.02. The summed E-state index contributed by atoms with van der Waals surface area (Å²) in [6.45, 7) is 4.13. The zero-order valence-electron chi connectivity index (χ0n) is 12.3. The molecule has 3 heteroatoms. The molecule has 0 bridgehead atoms. The first kappa shape index (κ1) is 13.3. The van der Waals surface area contributed by atoms with Crippen LogP contribution in [0, 0.1) is 18.6 Å². The van der Waals surface area contributed by atoms with Gasteiger partial charge >= 0.3 is 0 Å². The fraction of sp³-hybridized carbons (Fsp3) is 0.105. The molecule has 0 atom stereocenters. The van der Waals surface area contributed by atoms with E-state index in [1.807, 2.05) is 30.3 Å². The first-order chi connectivity index (χ1) is 10.6. The van der Waals surface area contributed by atoms with Crippen molar-refractivity contribution in [3.05, 3.63) is 64.6 Å². The SMILES string of the molecule is Cc1coc2c1c(C)cc1oc(=S)cc(-c3ccccc3)c12. The standard InChI is InChI=1S/C19H14O2S/c1-11-8-15-18(19-17(11)12(2)10-20-19)14(9-16(22)21-15)13-6-4-3-5-7-13/h3-10H,1-2H3. The highest BCUT2D eigenvalue weighted by atomic mass is 32.1. The quantitative estimate of drug-likeness (QED) is 0.392. The number of furan rings is 1. The van der Waals surface area contributed by atoms with Crippen LogP contribution in [0.25, 0.3) is 33.1 Å². The molecule has 0 aliphatic carbocycles. The molecule has 0 aliphatic rings. The Kier molecular flexibility index (Phi) is 2.91. The maximum Gasteiger partial charge on any atom is 0.191 e. The van der Waals surface area contributed by atoms with E-state index in [4.69, 9.17) is 21.1 Å². The highest BCUT2D eigenvalue weighted by Gasteiger charge is 2.16. The molecule has 0 fully saturated rings. The number of hydrogen-bond donors (Lipinski definition) is 0. The lowest BCUT2D eigenvalue weighted by atomic mass is 9.98. The largest absolute Gasteiger partial charge is 0.463 e. The first-order valence-electron chi connectivity index (χ1n) is 7.16. The lowest BCUT2D eigenvalue weighted by molar-refractivity contribution is 0.584. The predicted octanol–water partition coefficient (Wildman–Crippen LogP) is 6.19. The molecule has 22 heavy (non-hydrogen) atoms. The van der Waals surface area contributed by atoms with Crippen molar-refractivity contribution in [3.8, 4) is 11.1 Å². The molecule has 108 valence electrons. The van der Waals surface area contributed by atoms with Crippen molar-refractivity contribution in [2.24, 2.45) is 0 Å². The summed E-state index contributed by atoms with van der Waals surface area (Å²) >= 11 is 5.30. The Hall–Kier alpha value is -2.39. The molecule has 0 aliphatic heterocycles. The van der Waals surface area contributed by atoms with Gasteiger partial charge in [0, 0.05) is 17.0 Å². The van der Waals surface area contributed by atoms with E-state index in [9.17, 15) is 0 Å². The lowest BCUT2D eigenvalue weighted by Crippen LogP contribution is -1.86. The zero-order valence-corrected chi connectivity index (χ0v) is 13.2. The van der Waals surface area contributed by atoms with Gasteiger partial charge in [-0.2, -0.15) is 0 Å². The van der Waals surface area contributed by atoms with Crippen molar-refractivity contribution >= 4 is 34.2 Å². The highest BCUT2D eigenvalue weighted by Crippen LogP contribution is 2.38. The van der Waals surface area contributed by atoms with Crippen LogP contribution in [0.5, 0.6) is 0 Å². The molecule has 2 aromatic carbocycles. The molecule has 0 radical (unpaired) electrons. The zero-order chi connectivity index (χ0) is 15.3. The smallest absolute Gasteiger partial charge is 0.191 e. The Bertz CT molecular complexity index is 1060. The summed E-state index contributed by atoms with van der Waals surface area (Å²) in [5.74, 6) is 0. The molecule has 0 saturated heterocycles. The van der Waals surface area contributed by atoms with Gasteiger partial charge in [0.05, 0.1) is 11.6 Å². The van der Waals surface area contributed by atoms with Crippen LogP contribution in [-0.4, -0.2) is 0 Å². The second kappa shape index (κ2) is 4.82. The molecule has 0 N–H and O–H groups in total. The van der Waals surface area contributed by atoms with Crippen LogP contribution in [0.15, 0.2) is 57.6 Å². The minimum atomic E-state index is 0.480. The Morgan fingerprint density at radius 1 is 0.909 bits per heavy atom. The molecule has 2 nitrogen and oxygen atoms in total. The van der Waals surface area contributed by atoms with Crippen molar-refractivity contribution in [1.82, 2.24) is 0 Å². The summed E-state index contributed by atoms with van der Waals surface area (Å²) in [5.41, 5.74) is 6.06. The van der Waals surface area contributed by atoms with Gasteiger partial charge < -0.3 is 8.83 Å². The second-order valence-electron chi connectivity index (χ2n) is 5.53. The van der Waals surface area contributed by atoms with Crippen molar-refractivity contribution in [2.75, 3.05) is 0 Å². The average Bonchev–Trinajstić information content (AvgIpc) is 2.90. The number of benzene rings is 2. The van der Waals surface area contributed by atoms with E-state index in [2.05, 4.69) is 26.0 Å². The summed E-state index contributed by atoms with van der Waals surface area (Å²) < 4.78 is 12.1. The van der Waals surface area contributed by atoms with E-state index in [0.29, 0.717) is 4.71 Å². The number of hydrogen-bond acceptors (Lipinski definition) is 3. The molecule has 2 aromatic heterocycles. The normalized spacial score (nSPS) is 11.4. The summed E-state index contributed by atoms with van der Waals surface area (Å²) in [7, 11) is 0. The Labute approximate surface area is 133 Å². The summed E-state index contributed by atoms with van der Waals surface area (Å²) in [6.07, 6.45) is 1.80. The maximum absolute atomic E-state index is 5.85. The summed E-state index contributed by atoms with van der Waals surface area (Å²) in [4.78, 5) is 0. The molecule has 4 rings (SSSR count). The van der Waals surface area contributed by atoms with Crippen LogP contribution >= 0.6 is 12.2 Å². The van der Waals surface area contributed by atoms with Crippen LogP contribution in [0.1, 0.15) is 11.1 Å². The van der Waals surface area contributed by atoms with Crippen LogP contribution in [0.4, 0.5) is 0 Å². The molecular weight excluding hydrogens is 292 g/mol. The van der Waals surface area contributed by atoms with Crippen molar-refractivity contribution in [2.45, 2.75) is 13.8 Å². The molecule has 0 saturated carbocycles. The van der Waals surface area contributed by atoms with Crippen molar-refractivity contribution in [1.29, 1.82) is 0 Å². The van der Waals surface area contributed by atoms with E-state index in [1.165, 1.54) is 0 Å². The van der Waals surface area contributed by atoms with E-state index in [1.54, 1.807) is 6.26 Å². The maximum atomic E-state index is 5.85. The average molecular weight is 306 g/mol. The van der Waals surface area contributed by atoms with Gasteiger partial charge in [-0.3, -0.25) is 0 Å². The third kappa shape index (κ3) is 1.90. The van der Waals surface area contributed by atoms with Crippen LogP contribution < -0.4 is 0 Å². The van der Waals surface area contributed by atoms with Gasteiger partial charge in [-0.25, -0.2) is 0 Å². The van der Waals surface area contributed by atoms with E-state index in [-0.39, 0.29) is 0 Å². The minimum Gasteiger partial charge on any atom is -0.463 e. The van der Waals surface area contributed by atoms with Crippen LogP contribution in [0.2, 0.25) is 0 Å². The van der Waals surface area contributed by atoms with Gasteiger partial charge in [0.1, 0.15) is 11.2 Å². The fourth-order valence-electron chi connectivity index (χ4n) is 3.08. The van der Waals surface area contributed by atoms with Gasteiger partial charge in [-0.1, -0.05) is 30.3 Å². The Morgan fingerprint density at radius 3 is 2.45 bits per heavy atom. The Balaban J connectivity index is 2.26. The second-order valence-corrected chi connectivity index (χ2v) is 5.94. The first-order valence-corrected chi connectivity index (χ1v) is 7.56. The lowest BCUT2D eigenvalue weighted by Gasteiger charge is -2.08. The Morgan fingerprint density at radius 2 is 1.68 bits per heavy atom. The highest BCUT2D eigenvalue weighted by molar-refractivity contribution is 7.71. The van der Waals surface area contributed by atoms with Crippen molar-refractivity contribution < 1.29 is 8.83 Å². The van der Waals surface area contributed by atoms with E-state index >= 15 is 0 Å². The molecule has 0 spiro atoms. The molecule has 4 aromatic rings. The van der Waals surface area contributed by atoms with Crippen LogP contribution in [-0.2, 0) is 0 Å². The van der Waals surface area contributed by atoms with Gasteiger partial charge in [0.2, 0.25) is 0 Å². The summed E-state index contributed by atoms with van der Waals surface area (Å²) in [5, 5.41) is 2.13. The predicted molar refractivity (Wildman–Crippen MR) is 91.7 cm³/mol. The molecular formula is C19H14O2S. The fourth-order valence-corrected chi connectivity index (χ4v) is 3.29. The number of aryl methyl sites for hydroxylation is 2. The van der Waals surface area contributed by atoms with Crippen molar-refractivity contribution in [3.63, 3.8) is 0 Å². The molecule has 2 heterocycles. The van der Waals surface area contributed by atoms with Gasteiger partial charge in [0.25, 0.3) is 0 Å². The number of fused-ring (bicyclic) bond motifs is 3. The molecule has 0 amide bonds. The topological polar surface area (TPSA) is 26.3 Å². The van der Waals surface area contributed by atoms with E-state index < -0.39 is 0 Å². The number of rotatable bonds is 1. The van der Waals surface area contributed by atoms with Gasteiger partial charge in [-0.15, -0.1) is 0 Å². The monoisotopic (exact) mass is 306 g/mol. The van der Waals surface area contributed by atoms with Gasteiger partial charge in [0.15, 0.2) is 4.71 Å².